The zero-order valence-corrected chi connectivity index (χ0v) is 14.1. The zero-order chi connectivity index (χ0) is 17.8. The van der Waals surface area contributed by atoms with Gasteiger partial charge in [-0.3, -0.25) is 4.79 Å². The van der Waals surface area contributed by atoms with Gasteiger partial charge in [-0.15, -0.1) is 0 Å². The van der Waals surface area contributed by atoms with Crippen LogP contribution in [0, 0.1) is 0 Å². The van der Waals surface area contributed by atoms with Crippen LogP contribution < -0.4 is 5.32 Å². The summed E-state index contributed by atoms with van der Waals surface area (Å²) in [5.74, 6) is 0.459. The van der Waals surface area contributed by atoms with Crippen molar-refractivity contribution in [3.05, 3.63) is 103 Å². The van der Waals surface area contributed by atoms with E-state index in [0.29, 0.717) is 11.3 Å². The first kappa shape index (κ1) is 15.9. The van der Waals surface area contributed by atoms with Gasteiger partial charge in [0.15, 0.2) is 0 Å². The third-order valence-electron chi connectivity index (χ3n) is 4.20. The summed E-state index contributed by atoms with van der Waals surface area (Å²) in [5, 5.41) is 5.14. The van der Waals surface area contributed by atoms with Crippen molar-refractivity contribution in [2.45, 2.75) is 0 Å². The molecule has 4 rings (SSSR count). The second kappa shape index (κ2) is 7.11. The van der Waals surface area contributed by atoms with Crippen LogP contribution in [0.15, 0.2) is 95.6 Å². The summed E-state index contributed by atoms with van der Waals surface area (Å²) < 4.78 is 5.40. The van der Waals surface area contributed by atoms with Crippen LogP contribution in [0.25, 0.3) is 22.4 Å². The van der Waals surface area contributed by atoms with Gasteiger partial charge in [0.25, 0.3) is 5.91 Å². The molecule has 3 nitrogen and oxygen atoms in total. The molecule has 0 aliphatic heterocycles. The molecule has 0 radical (unpaired) electrons. The van der Waals surface area contributed by atoms with Crippen LogP contribution in [0.5, 0.6) is 0 Å². The van der Waals surface area contributed by atoms with Crippen molar-refractivity contribution >= 4 is 34.0 Å². The topological polar surface area (TPSA) is 42.2 Å². The first-order chi connectivity index (χ1) is 12.8. The number of hydrogen-bond acceptors (Lipinski definition) is 2. The summed E-state index contributed by atoms with van der Waals surface area (Å²) in [7, 11) is 0. The molecule has 3 aromatic carbocycles. The van der Waals surface area contributed by atoms with E-state index in [4.69, 9.17) is 4.42 Å². The van der Waals surface area contributed by atoms with Crippen LogP contribution in [0.4, 0.5) is 5.69 Å². The van der Waals surface area contributed by atoms with Gasteiger partial charge in [-0.25, -0.2) is 0 Å². The molecule has 0 spiro atoms. The van der Waals surface area contributed by atoms with Crippen molar-refractivity contribution in [1.29, 1.82) is 0 Å². The van der Waals surface area contributed by atoms with E-state index in [1.165, 1.54) is 0 Å². The molecule has 1 aromatic heterocycles. The van der Waals surface area contributed by atoms with Gasteiger partial charge in [0, 0.05) is 11.1 Å². The Hall–Kier alpha value is -3.59. The highest BCUT2D eigenvalue weighted by molar-refractivity contribution is 6.29. The molecule has 26 heavy (non-hydrogen) atoms. The minimum absolute atomic E-state index is 0.177. The molecule has 126 valence electrons. The Balaban J connectivity index is 1.73. The number of fused-ring (bicyclic) bond motifs is 1. The van der Waals surface area contributed by atoms with Gasteiger partial charge < -0.3 is 9.73 Å². The Labute approximate surface area is 151 Å². The molecule has 0 fully saturated rings. The van der Waals surface area contributed by atoms with Crippen molar-refractivity contribution in [1.82, 2.24) is 0 Å². The van der Waals surface area contributed by atoms with Crippen LogP contribution in [0.2, 0.25) is 0 Å². The fourth-order valence-corrected chi connectivity index (χ4v) is 2.94. The van der Waals surface area contributed by atoms with Crippen LogP contribution in [-0.2, 0) is 4.79 Å². The van der Waals surface area contributed by atoms with Gasteiger partial charge >= 0.3 is 0 Å². The largest absolute Gasteiger partial charge is 0.465 e. The van der Waals surface area contributed by atoms with Gasteiger partial charge in [0.05, 0.1) is 11.8 Å². The Morgan fingerprint density at radius 2 is 1.58 bits per heavy atom. The average molecular weight is 339 g/mol. The molecule has 0 saturated carbocycles. The standard InChI is InChI=1S/C23H17NO2/c25-23(24-22-14-6-11-17-10-4-5-13-20(17)22)21(16-19-12-7-15-26-19)18-8-2-1-3-9-18/h1-16H,(H,24,25)/b21-16+. The molecule has 0 saturated heterocycles. The van der Waals surface area contributed by atoms with Gasteiger partial charge in [0.2, 0.25) is 0 Å². The monoisotopic (exact) mass is 339 g/mol. The maximum atomic E-state index is 13.1. The summed E-state index contributed by atoms with van der Waals surface area (Å²) in [6.45, 7) is 0. The highest BCUT2D eigenvalue weighted by Crippen LogP contribution is 2.26. The van der Waals surface area contributed by atoms with Gasteiger partial charge in [-0.1, -0.05) is 66.7 Å². The van der Waals surface area contributed by atoms with E-state index < -0.39 is 0 Å². The molecule has 0 aliphatic rings. The fraction of sp³-hybridized carbons (Fsp3) is 0. The lowest BCUT2D eigenvalue weighted by atomic mass is 10.0. The smallest absolute Gasteiger partial charge is 0.256 e. The van der Waals surface area contributed by atoms with Crippen molar-refractivity contribution in [2.75, 3.05) is 5.32 Å². The summed E-state index contributed by atoms with van der Waals surface area (Å²) in [4.78, 5) is 13.1. The third kappa shape index (κ3) is 3.28. The first-order valence-corrected chi connectivity index (χ1v) is 8.41. The summed E-state index contributed by atoms with van der Waals surface area (Å²) in [5.41, 5.74) is 2.17. The Bertz CT molecular complexity index is 1060. The number of nitrogens with one attached hydrogen (secondary N) is 1. The number of rotatable bonds is 4. The molecular weight excluding hydrogens is 322 g/mol. The molecule has 1 N–H and O–H groups in total. The number of carbonyl (C=O) groups excluding carboxylic acids is 1. The highest BCUT2D eigenvalue weighted by Gasteiger charge is 2.14. The number of furan rings is 1. The lowest BCUT2D eigenvalue weighted by molar-refractivity contribution is -0.111. The second-order valence-electron chi connectivity index (χ2n) is 5.92. The van der Waals surface area contributed by atoms with E-state index in [9.17, 15) is 4.79 Å². The predicted molar refractivity (Wildman–Crippen MR) is 106 cm³/mol. The molecule has 3 heteroatoms. The van der Waals surface area contributed by atoms with E-state index in [-0.39, 0.29) is 5.91 Å². The lowest BCUT2D eigenvalue weighted by Crippen LogP contribution is -2.13. The minimum Gasteiger partial charge on any atom is -0.465 e. The molecule has 0 aliphatic carbocycles. The van der Waals surface area contributed by atoms with Gasteiger partial charge in [-0.2, -0.15) is 0 Å². The molecule has 0 unspecified atom stereocenters. The van der Waals surface area contributed by atoms with Crippen LogP contribution in [0.3, 0.4) is 0 Å². The number of amides is 1. The Kier molecular flexibility index (Phi) is 4.35. The Morgan fingerprint density at radius 3 is 2.38 bits per heavy atom. The zero-order valence-electron chi connectivity index (χ0n) is 14.1. The average Bonchev–Trinajstić information content (AvgIpc) is 3.20. The van der Waals surface area contributed by atoms with E-state index in [0.717, 1.165) is 22.0 Å². The predicted octanol–water partition coefficient (Wildman–Crippen LogP) is 5.61. The van der Waals surface area contributed by atoms with Crippen LogP contribution >= 0.6 is 0 Å². The summed E-state index contributed by atoms with van der Waals surface area (Å²) in [6, 6.07) is 27.1. The van der Waals surface area contributed by atoms with Gasteiger partial charge in [-0.05, 0) is 35.2 Å². The SMILES string of the molecule is O=C(Nc1cccc2ccccc12)/C(=C/c1ccco1)c1ccccc1. The van der Waals surface area contributed by atoms with Crippen molar-refractivity contribution < 1.29 is 9.21 Å². The van der Waals surface area contributed by atoms with Crippen LogP contribution in [-0.4, -0.2) is 5.91 Å². The number of anilines is 1. The number of carbonyl (C=O) groups is 1. The maximum Gasteiger partial charge on any atom is 0.256 e. The fourth-order valence-electron chi connectivity index (χ4n) is 2.94. The third-order valence-corrected chi connectivity index (χ3v) is 4.20. The van der Waals surface area contributed by atoms with Crippen molar-refractivity contribution in [2.24, 2.45) is 0 Å². The highest BCUT2D eigenvalue weighted by atomic mass is 16.3. The first-order valence-electron chi connectivity index (χ1n) is 8.41. The quantitative estimate of drug-likeness (QED) is 0.491. The minimum atomic E-state index is -0.177. The molecule has 0 atom stereocenters. The van der Waals surface area contributed by atoms with E-state index in [1.54, 1.807) is 18.4 Å². The van der Waals surface area contributed by atoms with Crippen molar-refractivity contribution in [3.8, 4) is 0 Å². The number of hydrogen-bond donors (Lipinski definition) is 1. The Morgan fingerprint density at radius 1 is 0.808 bits per heavy atom. The molecular formula is C23H17NO2. The summed E-state index contributed by atoms with van der Waals surface area (Å²) in [6.07, 6.45) is 3.35. The molecule has 1 heterocycles. The van der Waals surface area contributed by atoms with Gasteiger partial charge in [0.1, 0.15) is 5.76 Å². The maximum absolute atomic E-state index is 13.1. The lowest BCUT2D eigenvalue weighted by Gasteiger charge is -2.11. The normalized spacial score (nSPS) is 11.5. The van der Waals surface area contributed by atoms with E-state index in [1.807, 2.05) is 78.9 Å². The van der Waals surface area contributed by atoms with E-state index in [2.05, 4.69) is 5.32 Å². The molecule has 4 aromatic rings. The molecule has 1 amide bonds. The van der Waals surface area contributed by atoms with Crippen LogP contribution in [0.1, 0.15) is 11.3 Å². The number of benzene rings is 3. The van der Waals surface area contributed by atoms with Crippen molar-refractivity contribution in [3.63, 3.8) is 0 Å². The van der Waals surface area contributed by atoms with E-state index >= 15 is 0 Å². The second-order valence-corrected chi connectivity index (χ2v) is 5.92. The molecule has 0 bridgehead atoms. The summed E-state index contributed by atoms with van der Waals surface area (Å²) >= 11 is 0.